The van der Waals surface area contributed by atoms with Gasteiger partial charge in [-0.3, -0.25) is 4.68 Å². The Morgan fingerprint density at radius 3 is 2.78 bits per heavy atom. The second-order valence-corrected chi connectivity index (χ2v) is 7.56. The van der Waals surface area contributed by atoms with E-state index in [0.717, 1.165) is 43.0 Å². The van der Waals surface area contributed by atoms with E-state index in [0.29, 0.717) is 6.61 Å². The molecule has 23 heavy (non-hydrogen) atoms. The molecule has 10 heteroatoms. The van der Waals surface area contributed by atoms with Crippen LogP contribution in [0.2, 0.25) is 0 Å². The quantitative estimate of drug-likeness (QED) is 0.709. The zero-order valence-corrected chi connectivity index (χ0v) is 13.8. The molecule has 1 aromatic rings. The molecule has 0 atom stereocenters. The number of nitrogens with zero attached hydrogens (tertiary/aromatic N) is 2. The highest BCUT2D eigenvalue weighted by atomic mass is 32.2. The molecule has 0 spiro atoms. The third kappa shape index (κ3) is 4.93. The molecule has 1 fully saturated rings. The van der Waals surface area contributed by atoms with Gasteiger partial charge < -0.3 is 10.1 Å². The molecule has 1 saturated heterocycles. The van der Waals surface area contributed by atoms with Crippen LogP contribution in [0, 0.1) is 5.41 Å². The second kappa shape index (κ2) is 7.65. The van der Waals surface area contributed by atoms with Crippen LogP contribution in [-0.2, 0) is 21.3 Å². The van der Waals surface area contributed by atoms with Crippen molar-refractivity contribution >= 4 is 10.0 Å². The number of hydrogen-bond donors (Lipinski definition) is 2. The van der Waals surface area contributed by atoms with Crippen LogP contribution in [0.5, 0.6) is 0 Å². The number of methoxy groups -OCH3 is 1. The highest BCUT2D eigenvalue weighted by Crippen LogP contribution is 2.28. The monoisotopic (exact) mass is 352 g/mol. The van der Waals surface area contributed by atoms with Crippen molar-refractivity contribution in [3.05, 3.63) is 12.4 Å². The Hall–Kier alpha value is -1.10. The van der Waals surface area contributed by atoms with Gasteiger partial charge in [0.15, 0.2) is 0 Å². The van der Waals surface area contributed by atoms with E-state index in [9.17, 15) is 17.2 Å². The SMILES string of the molecule is COCC1(CNS(=O)(=O)c2cnn(CC(F)F)c2)CCNCC1. The summed E-state index contributed by atoms with van der Waals surface area (Å²) in [6, 6.07) is 0. The van der Waals surface area contributed by atoms with Crippen molar-refractivity contribution in [3.8, 4) is 0 Å². The Morgan fingerprint density at radius 2 is 2.17 bits per heavy atom. The minimum atomic E-state index is -3.79. The summed E-state index contributed by atoms with van der Waals surface area (Å²) >= 11 is 0. The number of halogens is 2. The summed E-state index contributed by atoms with van der Waals surface area (Å²) in [7, 11) is -2.20. The summed E-state index contributed by atoms with van der Waals surface area (Å²) in [4.78, 5) is -0.111. The number of alkyl halides is 2. The van der Waals surface area contributed by atoms with Crippen molar-refractivity contribution in [1.82, 2.24) is 19.8 Å². The van der Waals surface area contributed by atoms with Crippen molar-refractivity contribution in [2.24, 2.45) is 5.41 Å². The molecule has 2 rings (SSSR count). The van der Waals surface area contributed by atoms with E-state index in [1.807, 2.05) is 0 Å². The molecule has 1 aromatic heterocycles. The third-order valence-electron chi connectivity index (χ3n) is 4.00. The Morgan fingerprint density at radius 1 is 1.48 bits per heavy atom. The summed E-state index contributed by atoms with van der Waals surface area (Å²) in [5.41, 5.74) is -0.258. The van der Waals surface area contributed by atoms with Crippen LogP contribution >= 0.6 is 0 Å². The lowest BCUT2D eigenvalue weighted by molar-refractivity contribution is 0.0577. The first-order valence-electron chi connectivity index (χ1n) is 7.37. The molecule has 1 aliphatic rings. The number of piperidine rings is 1. The van der Waals surface area contributed by atoms with E-state index in [-0.39, 0.29) is 16.9 Å². The molecule has 0 bridgehead atoms. The number of nitrogens with one attached hydrogen (secondary N) is 2. The number of sulfonamides is 1. The van der Waals surface area contributed by atoms with E-state index < -0.39 is 23.0 Å². The van der Waals surface area contributed by atoms with Gasteiger partial charge in [0.25, 0.3) is 6.43 Å². The lowest BCUT2D eigenvalue weighted by atomic mass is 9.80. The first kappa shape index (κ1) is 18.2. The van der Waals surface area contributed by atoms with Crippen LogP contribution in [0.3, 0.4) is 0 Å². The molecule has 2 N–H and O–H groups in total. The maximum Gasteiger partial charge on any atom is 0.257 e. The van der Waals surface area contributed by atoms with Crippen LogP contribution in [0.4, 0.5) is 8.78 Å². The van der Waals surface area contributed by atoms with E-state index in [4.69, 9.17) is 4.74 Å². The predicted molar refractivity (Wildman–Crippen MR) is 79.8 cm³/mol. The van der Waals surface area contributed by atoms with Crippen LogP contribution in [0.15, 0.2) is 17.3 Å². The fourth-order valence-electron chi connectivity index (χ4n) is 2.69. The van der Waals surface area contributed by atoms with E-state index in [1.165, 1.54) is 0 Å². The highest BCUT2D eigenvalue weighted by Gasteiger charge is 2.33. The summed E-state index contributed by atoms with van der Waals surface area (Å²) in [5, 5.41) is 6.88. The Balaban J connectivity index is 2.03. The summed E-state index contributed by atoms with van der Waals surface area (Å²) < 4.78 is 58.0. The zero-order valence-electron chi connectivity index (χ0n) is 13.0. The highest BCUT2D eigenvalue weighted by molar-refractivity contribution is 7.89. The third-order valence-corrected chi connectivity index (χ3v) is 5.35. The van der Waals surface area contributed by atoms with Gasteiger partial charge in [0.1, 0.15) is 11.4 Å². The molecule has 132 valence electrons. The Labute approximate surface area is 134 Å². The van der Waals surface area contributed by atoms with Crippen molar-refractivity contribution in [2.75, 3.05) is 33.4 Å². The first-order chi connectivity index (χ1) is 10.9. The topological polar surface area (TPSA) is 85.2 Å². The molecular formula is C13H22F2N4O3S. The van der Waals surface area contributed by atoms with E-state index in [1.54, 1.807) is 7.11 Å². The molecule has 0 aliphatic carbocycles. The average Bonchev–Trinajstić information content (AvgIpc) is 2.95. The van der Waals surface area contributed by atoms with Gasteiger partial charge in [-0.05, 0) is 25.9 Å². The minimum Gasteiger partial charge on any atom is -0.384 e. The van der Waals surface area contributed by atoms with Crippen molar-refractivity contribution in [3.63, 3.8) is 0 Å². The summed E-state index contributed by atoms with van der Waals surface area (Å²) in [6.45, 7) is 1.68. The van der Waals surface area contributed by atoms with Gasteiger partial charge >= 0.3 is 0 Å². The minimum absolute atomic E-state index is 0.111. The van der Waals surface area contributed by atoms with E-state index >= 15 is 0 Å². The van der Waals surface area contributed by atoms with Gasteiger partial charge in [0, 0.05) is 25.3 Å². The molecular weight excluding hydrogens is 330 g/mol. The lowest BCUT2D eigenvalue weighted by Crippen LogP contribution is -2.47. The van der Waals surface area contributed by atoms with Gasteiger partial charge in [-0.1, -0.05) is 0 Å². The molecule has 0 saturated carbocycles. The van der Waals surface area contributed by atoms with Crippen LogP contribution in [0.1, 0.15) is 12.8 Å². The second-order valence-electron chi connectivity index (χ2n) is 5.80. The lowest BCUT2D eigenvalue weighted by Gasteiger charge is -2.37. The molecule has 2 heterocycles. The first-order valence-corrected chi connectivity index (χ1v) is 8.85. The fraction of sp³-hybridized carbons (Fsp3) is 0.769. The van der Waals surface area contributed by atoms with Crippen molar-refractivity contribution in [1.29, 1.82) is 0 Å². The normalized spacial score (nSPS) is 18.4. The van der Waals surface area contributed by atoms with E-state index in [2.05, 4.69) is 15.1 Å². The number of rotatable bonds is 8. The molecule has 0 unspecified atom stereocenters. The van der Waals surface area contributed by atoms with Gasteiger partial charge in [-0.2, -0.15) is 5.10 Å². The molecule has 1 aliphatic heterocycles. The predicted octanol–water partition coefficient (Wildman–Crippen LogP) is 0.443. The van der Waals surface area contributed by atoms with Gasteiger partial charge in [0.2, 0.25) is 10.0 Å². The summed E-state index contributed by atoms with van der Waals surface area (Å²) in [5.74, 6) is 0. The van der Waals surface area contributed by atoms with Crippen LogP contribution in [0.25, 0.3) is 0 Å². The van der Waals surface area contributed by atoms with Gasteiger partial charge in [-0.25, -0.2) is 21.9 Å². The standard InChI is InChI=1S/C13H22F2N4O3S/c1-22-10-13(2-4-16-5-3-13)9-18-23(20,21)11-6-17-19(7-11)8-12(14)15/h6-7,12,16,18H,2-5,8-10H2,1H3. The molecule has 0 radical (unpaired) electrons. The largest absolute Gasteiger partial charge is 0.384 e. The van der Waals surface area contributed by atoms with Crippen LogP contribution in [-0.4, -0.2) is 58.0 Å². The molecule has 0 aromatic carbocycles. The number of ether oxygens (including phenoxy) is 1. The van der Waals surface area contributed by atoms with Gasteiger partial charge in [0.05, 0.1) is 12.8 Å². The van der Waals surface area contributed by atoms with Crippen molar-refractivity contribution < 1.29 is 21.9 Å². The Kier molecular flexibility index (Phi) is 6.06. The zero-order chi connectivity index (χ0) is 16.9. The maximum atomic E-state index is 12.3. The number of aromatic nitrogens is 2. The number of hydrogen-bond acceptors (Lipinski definition) is 5. The maximum absolute atomic E-state index is 12.3. The Bertz CT molecular complexity index is 595. The molecule has 0 amide bonds. The van der Waals surface area contributed by atoms with Crippen molar-refractivity contribution in [2.45, 2.75) is 30.7 Å². The van der Waals surface area contributed by atoms with Gasteiger partial charge in [-0.15, -0.1) is 0 Å². The van der Waals surface area contributed by atoms with Crippen LogP contribution < -0.4 is 10.0 Å². The summed E-state index contributed by atoms with van der Waals surface area (Å²) in [6.07, 6.45) is 1.20. The molecule has 7 nitrogen and oxygen atoms in total. The fourth-order valence-corrected chi connectivity index (χ4v) is 3.80. The smallest absolute Gasteiger partial charge is 0.257 e. The average molecular weight is 352 g/mol.